The van der Waals surface area contributed by atoms with Gasteiger partial charge in [-0.25, -0.2) is 4.79 Å². The van der Waals surface area contributed by atoms with E-state index in [2.05, 4.69) is 16.5 Å². The van der Waals surface area contributed by atoms with Crippen LogP contribution >= 0.6 is 0 Å². The predicted octanol–water partition coefficient (Wildman–Crippen LogP) is -2.51. The number of carbonyl (C=O) groups is 2. The number of hydrogen-bond acceptors (Lipinski definition) is 6. The maximum atomic E-state index is 10.2. The number of nitrogens with zero attached hydrogens (tertiary/aromatic N) is 1. The summed E-state index contributed by atoms with van der Waals surface area (Å²) in [5.41, 5.74) is 23.8. The zero-order valence-electron chi connectivity index (χ0n) is 9.69. The van der Waals surface area contributed by atoms with Crippen LogP contribution in [0, 0.1) is 0 Å². The average Bonchev–Trinajstić information content (AvgIpc) is 2.25. The standard InChI is InChI=1S/C6H14N4O2.CH4N2O.H2O2/c7-4(5(11)12)2-1-3-10-6(8)9;2-1(3)4;1-2/h4H,1-3,7H2,(H,11,12)(H4,8,9,10);(H4,2,3,4);1-2H. The van der Waals surface area contributed by atoms with Gasteiger partial charge in [0.2, 0.25) is 0 Å². The van der Waals surface area contributed by atoms with Gasteiger partial charge in [-0.15, -0.1) is 0 Å². The van der Waals surface area contributed by atoms with Crippen LogP contribution < -0.4 is 28.7 Å². The molecule has 18 heavy (non-hydrogen) atoms. The first-order valence-electron chi connectivity index (χ1n) is 4.56. The lowest BCUT2D eigenvalue weighted by Crippen LogP contribution is -2.30. The Balaban J connectivity index is -0.000000317. The van der Waals surface area contributed by atoms with E-state index >= 15 is 0 Å². The van der Waals surface area contributed by atoms with E-state index in [4.69, 9.17) is 37.6 Å². The number of guanidine groups is 1. The highest BCUT2D eigenvalue weighted by molar-refractivity contribution is 5.75. The number of carboxylic acid groups (broad SMARTS) is 1. The van der Waals surface area contributed by atoms with Gasteiger partial charge in [0.15, 0.2) is 5.96 Å². The Morgan fingerprint density at radius 1 is 1.11 bits per heavy atom. The van der Waals surface area contributed by atoms with Gasteiger partial charge in [-0.1, -0.05) is 0 Å². The summed E-state index contributed by atoms with van der Waals surface area (Å²) in [4.78, 5) is 22.9. The number of hydrogen-bond donors (Lipinski definition) is 8. The summed E-state index contributed by atoms with van der Waals surface area (Å²) < 4.78 is 0. The van der Waals surface area contributed by atoms with Crippen LogP contribution in [0.3, 0.4) is 0 Å². The van der Waals surface area contributed by atoms with Crippen LogP contribution in [0.2, 0.25) is 0 Å². The highest BCUT2D eigenvalue weighted by atomic mass is 17.0. The Bertz CT molecular complexity index is 251. The van der Waals surface area contributed by atoms with Crippen LogP contribution in [0.4, 0.5) is 4.79 Å². The van der Waals surface area contributed by atoms with E-state index in [-0.39, 0.29) is 5.96 Å². The van der Waals surface area contributed by atoms with Crippen molar-refractivity contribution in [3.63, 3.8) is 0 Å². The van der Waals surface area contributed by atoms with Crippen molar-refractivity contribution < 1.29 is 25.2 Å². The predicted molar refractivity (Wildman–Crippen MR) is 64.6 cm³/mol. The number of aliphatic carboxylic acids is 1. The molecule has 0 aliphatic carbocycles. The van der Waals surface area contributed by atoms with Crippen molar-refractivity contribution in [1.82, 2.24) is 0 Å². The first kappa shape index (κ1) is 21.2. The quantitative estimate of drug-likeness (QED) is 0.0868. The minimum Gasteiger partial charge on any atom is -0.480 e. The molecule has 0 heterocycles. The summed E-state index contributed by atoms with van der Waals surface area (Å²) in [6, 6.07) is -1.65. The Hall–Kier alpha value is -2.11. The fourth-order valence-corrected chi connectivity index (χ4v) is 0.643. The number of primary amides is 2. The van der Waals surface area contributed by atoms with Crippen molar-refractivity contribution in [2.75, 3.05) is 6.54 Å². The van der Waals surface area contributed by atoms with E-state index in [9.17, 15) is 4.79 Å². The average molecular weight is 268 g/mol. The number of carboxylic acids is 1. The van der Waals surface area contributed by atoms with Gasteiger partial charge >= 0.3 is 12.0 Å². The molecule has 0 aliphatic rings. The van der Waals surface area contributed by atoms with Crippen LogP contribution in [-0.2, 0) is 4.79 Å². The van der Waals surface area contributed by atoms with Gasteiger partial charge in [-0.05, 0) is 12.8 Å². The summed E-state index contributed by atoms with van der Waals surface area (Å²) in [5, 5.41) is 20.4. The fourth-order valence-electron chi connectivity index (χ4n) is 0.643. The highest BCUT2D eigenvalue weighted by Crippen LogP contribution is 1.94. The number of carbonyl (C=O) groups excluding carboxylic acids is 1. The molecule has 1 atom stereocenters. The molecule has 0 saturated heterocycles. The molecule has 0 aliphatic heterocycles. The molecule has 0 aromatic rings. The molecule has 0 aromatic carbocycles. The molecule has 0 fully saturated rings. The Kier molecular flexibility index (Phi) is 17.5. The minimum atomic E-state index is -1.00. The lowest BCUT2D eigenvalue weighted by molar-refractivity contribution is -0.176. The first-order valence-corrected chi connectivity index (χ1v) is 4.56. The lowest BCUT2D eigenvalue weighted by Gasteiger charge is -2.03. The summed E-state index contributed by atoms with van der Waals surface area (Å²) in [6.45, 7) is 0.420. The third kappa shape index (κ3) is 29.2. The zero-order chi connectivity index (χ0) is 15.1. The summed E-state index contributed by atoms with van der Waals surface area (Å²) in [5.74, 6) is -0.987. The van der Waals surface area contributed by atoms with Gasteiger partial charge in [0.25, 0.3) is 0 Å². The number of aliphatic imine (C=N–C) groups is 1. The number of nitrogens with two attached hydrogens (primary N) is 5. The van der Waals surface area contributed by atoms with Gasteiger partial charge in [0.1, 0.15) is 6.04 Å². The van der Waals surface area contributed by atoms with Gasteiger partial charge in [-0.2, -0.15) is 0 Å². The molecule has 0 radical (unpaired) electrons. The highest BCUT2D eigenvalue weighted by Gasteiger charge is 2.09. The zero-order valence-corrected chi connectivity index (χ0v) is 9.69. The Morgan fingerprint density at radius 3 is 1.78 bits per heavy atom. The van der Waals surface area contributed by atoms with Gasteiger partial charge in [0.05, 0.1) is 0 Å². The third-order valence-electron chi connectivity index (χ3n) is 1.28. The molecule has 1 unspecified atom stereocenters. The fraction of sp³-hybridized carbons (Fsp3) is 0.571. The van der Waals surface area contributed by atoms with E-state index in [1.807, 2.05) is 0 Å². The van der Waals surface area contributed by atoms with Gasteiger partial charge in [-0.3, -0.25) is 20.3 Å². The summed E-state index contributed by atoms with van der Waals surface area (Å²) >= 11 is 0. The van der Waals surface area contributed by atoms with Crippen molar-refractivity contribution in [3.8, 4) is 0 Å². The smallest absolute Gasteiger partial charge is 0.320 e. The molecular formula is C7H20N6O5. The van der Waals surface area contributed by atoms with Crippen molar-refractivity contribution in [1.29, 1.82) is 0 Å². The van der Waals surface area contributed by atoms with E-state index in [0.717, 1.165) is 0 Å². The SMILES string of the molecule is NC(N)=NCCCC(N)C(=O)O.NC(N)=O.OO. The second-order valence-corrected chi connectivity index (χ2v) is 2.80. The van der Waals surface area contributed by atoms with Gasteiger partial charge in [0, 0.05) is 6.54 Å². The van der Waals surface area contributed by atoms with Crippen LogP contribution in [0.25, 0.3) is 0 Å². The Morgan fingerprint density at radius 2 is 1.50 bits per heavy atom. The topological polar surface area (TPSA) is 237 Å². The molecule has 0 saturated carbocycles. The lowest BCUT2D eigenvalue weighted by atomic mass is 10.2. The third-order valence-corrected chi connectivity index (χ3v) is 1.28. The van der Waals surface area contributed by atoms with E-state index in [1.54, 1.807) is 0 Å². The summed E-state index contributed by atoms with van der Waals surface area (Å²) in [7, 11) is 0. The van der Waals surface area contributed by atoms with Gasteiger partial charge < -0.3 is 33.8 Å². The number of rotatable bonds is 5. The van der Waals surface area contributed by atoms with Crippen LogP contribution in [-0.4, -0.2) is 46.2 Å². The van der Waals surface area contributed by atoms with Crippen molar-refractivity contribution in [3.05, 3.63) is 0 Å². The van der Waals surface area contributed by atoms with Crippen molar-refractivity contribution >= 4 is 18.0 Å². The van der Waals surface area contributed by atoms with Crippen molar-refractivity contribution in [2.24, 2.45) is 33.7 Å². The molecule has 2 amide bonds. The maximum absolute atomic E-state index is 10.2. The molecule has 0 rings (SSSR count). The largest absolute Gasteiger partial charge is 0.480 e. The number of urea groups is 1. The van der Waals surface area contributed by atoms with E-state index < -0.39 is 18.0 Å². The van der Waals surface area contributed by atoms with Crippen LogP contribution in [0.5, 0.6) is 0 Å². The van der Waals surface area contributed by atoms with Crippen LogP contribution in [0.1, 0.15) is 12.8 Å². The molecular weight excluding hydrogens is 248 g/mol. The summed E-state index contributed by atoms with van der Waals surface area (Å²) in [6.07, 6.45) is 0.956. The second kappa shape index (κ2) is 14.9. The maximum Gasteiger partial charge on any atom is 0.320 e. The monoisotopic (exact) mass is 268 g/mol. The molecule has 0 bridgehead atoms. The molecule has 11 nitrogen and oxygen atoms in total. The second-order valence-electron chi connectivity index (χ2n) is 2.80. The van der Waals surface area contributed by atoms with Crippen LogP contribution in [0.15, 0.2) is 4.99 Å². The molecule has 13 N–H and O–H groups in total. The molecule has 0 spiro atoms. The molecule has 0 aromatic heterocycles. The molecule has 108 valence electrons. The Labute approximate surface area is 103 Å². The minimum absolute atomic E-state index is 0.0129. The van der Waals surface area contributed by atoms with Crippen molar-refractivity contribution in [2.45, 2.75) is 18.9 Å². The number of amides is 2. The van der Waals surface area contributed by atoms with E-state index in [0.29, 0.717) is 19.4 Å². The normalized spacial score (nSPS) is 9.72. The first-order chi connectivity index (χ1) is 8.27. The van der Waals surface area contributed by atoms with E-state index in [1.165, 1.54) is 0 Å². The molecule has 11 heteroatoms.